The van der Waals surface area contributed by atoms with Crippen LogP contribution in [0, 0.1) is 0 Å². The van der Waals surface area contributed by atoms with Gasteiger partial charge in [0.2, 0.25) is 46.9 Å². The minimum Gasteiger partial charge on any atom is -0.495 e. The summed E-state index contributed by atoms with van der Waals surface area (Å²) in [6.45, 7) is 14.9. The molecule has 5 fully saturated rings. The van der Waals surface area contributed by atoms with E-state index < -0.39 is 11.9 Å². The van der Waals surface area contributed by atoms with Gasteiger partial charge in [-0.1, -0.05) is 50.7 Å². The van der Waals surface area contributed by atoms with Gasteiger partial charge in [0.25, 0.3) is 0 Å². The van der Waals surface area contributed by atoms with Crippen molar-refractivity contribution >= 4 is 103 Å². The highest BCUT2D eigenvalue weighted by atomic mass is 79.9. The van der Waals surface area contributed by atoms with Crippen LogP contribution in [-0.4, -0.2) is 190 Å². The number of hydrogen-bond donors (Lipinski definition) is 1. The van der Waals surface area contributed by atoms with E-state index >= 15 is 0 Å². The molecule has 3 aromatic carbocycles. The second-order valence-corrected chi connectivity index (χ2v) is 23.7. The molecule has 5 saturated heterocycles. The third-order valence-electron chi connectivity index (χ3n) is 15.4. The quantitative estimate of drug-likeness (QED) is 0.0619. The minimum absolute atomic E-state index is 0.127. The maximum Gasteiger partial charge on any atom is 0.375 e. The average Bonchev–Trinajstić information content (AvgIpc) is 1.92. The Labute approximate surface area is 568 Å². The molecule has 0 unspecified atom stereocenters. The first-order valence-electron chi connectivity index (χ1n) is 30.1. The molecule has 0 radical (unpaired) electrons. The number of methoxy groups -OCH3 is 5. The number of likely N-dealkylation sites (tertiary alicyclic amines) is 1. The summed E-state index contributed by atoms with van der Waals surface area (Å²) in [6, 6.07) is 17.2. The lowest BCUT2D eigenvalue weighted by Crippen LogP contribution is -2.46. The van der Waals surface area contributed by atoms with E-state index in [1.165, 1.54) is 26.6 Å². The molecule has 0 saturated carbocycles. The van der Waals surface area contributed by atoms with Crippen molar-refractivity contribution in [3.05, 3.63) is 141 Å². The standard InChI is InChI=1S/C20H25ClN4O3.C17H20ClN3O4.C16H19Cl2N3O2.C6H6BrNO3.C4H7NO/c1-27-18-11-15(21)4-5-17(18)24-9-7-23(8-10-24)14-19-22-12-16(28-19)13-25-6-2-3-20(25)26;1-23-14-9-12(18)3-4-13(14)21-7-5-20(6-8-21)11-16-19-10-15(25-16)17(22)24-2;1-22-15-8-12(18)2-3-14(15)21-6-4-20(5-7-21)11-16-19-10-13(9-17)23-16;1-10-6(9)4-3-8-5(2-7)11-4;6-4-2-1-3-5-4/h4-5,11-12H,2-3,6-10,13-14H2,1H3;3-4,9-10H,5-8,11H2,1-2H3;2-3,8,10H,4-7,9,11H2,1H3;3H,2H2,1H3;1-3H2,(H,5,6). The predicted molar refractivity (Wildman–Crippen MR) is 354 cm³/mol. The SMILES string of the molecule is COC(=O)c1cnc(CBr)o1.COC(=O)c1cnc(CN2CCN(c3ccc(Cl)cc3OC)CC2)o1.COc1cc(Cl)ccc1N1CCN(Cc2ncc(CCl)o2)CC1.COc1cc(Cl)ccc1N1CCN(Cc2ncc(CN3CCCC3=O)o2)CC1.O=C1CCCN1. The summed E-state index contributed by atoms with van der Waals surface area (Å²) in [5.74, 6) is 6.25. The first-order valence-corrected chi connectivity index (χ1v) is 32.9. The molecule has 502 valence electrons. The highest BCUT2D eigenvalue weighted by Gasteiger charge is 2.27. The predicted octanol–water partition coefficient (Wildman–Crippen LogP) is 9.88. The number of nitrogens with zero attached hydrogens (tertiary/aromatic N) is 11. The third-order valence-corrected chi connectivity index (χ3v) is 16.8. The number of carbonyl (C=O) groups is 4. The van der Waals surface area contributed by atoms with Crippen LogP contribution >= 0.6 is 62.3 Å². The number of alkyl halides is 2. The van der Waals surface area contributed by atoms with Crippen LogP contribution in [0.4, 0.5) is 17.1 Å². The Balaban J connectivity index is 0.000000159. The molecule has 5 aliphatic rings. The van der Waals surface area contributed by atoms with Crippen LogP contribution in [0.5, 0.6) is 17.2 Å². The van der Waals surface area contributed by atoms with Gasteiger partial charge in [0.05, 0.1) is 115 Å². The van der Waals surface area contributed by atoms with E-state index in [2.05, 4.69) is 80.1 Å². The van der Waals surface area contributed by atoms with Crippen molar-refractivity contribution in [2.75, 3.05) is 142 Å². The molecule has 1 N–H and O–H groups in total. The van der Waals surface area contributed by atoms with Crippen LogP contribution in [0.15, 0.2) is 97.1 Å². The topological polar surface area (TPSA) is 253 Å². The number of halogens is 5. The van der Waals surface area contributed by atoms with E-state index in [0.29, 0.717) is 82.3 Å². The summed E-state index contributed by atoms with van der Waals surface area (Å²) < 4.78 is 47.2. The van der Waals surface area contributed by atoms with Crippen LogP contribution in [-0.2, 0) is 56.5 Å². The molecule has 0 bridgehead atoms. The molecular weight excluding hydrogens is 1350 g/mol. The number of rotatable bonds is 18. The van der Waals surface area contributed by atoms with E-state index in [1.54, 1.807) is 33.7 Å². The minimum atomic E-state index is -0.515. The first-order chi connectivity index (χ1) is 45.1. The van der Waals surface area contributed by atoms with Gasteiger partial charge in [-0.2, -0.15) is 0 Å². The van der Waals surface area contributed by atoms with Crippen molar-refractivity contribution in [3.8, 4) is 17.2 Å². The molecule has 4 aromatic heterocycles. The maximum absolute atomic E-state index is 11.7. The van der Waals surface area contributed by atoms with Gasteiger partial charge >= 0.3 is 11.9 Å². The van der Waals surface area contributed by atoms with Gasteiger partial charge in [-0.15, -0.1) is 11.6 Å². The summed E-state index contributed by atoms with van der Waals surface area (Å²) in [4.78, 5) is 76.2. The van der Waals surface area contributed by atoms with Crippen LogP contribution < -0.4 is 34.2 Å². The Morgan fingerprint density at radius 3 is 1.24 bits per heavy atom. The molecule has 12 rings (SSSR count). The lowest BCUT2D eigenvalue weighted by atomic mass is 10.2. The lowest BCUT2D eigenvalue weighted by Gasteiger charge is -2.36. The van der Waals surface area contributed by atoms with E-state index in [1.807, 2.05) is 59.5 Å². The number of piperazine rings is 3. The molecule has 0 spiro atoms. The van der Waals surface area contributed by atoms with Crippen LogP contribution in [0.2, 0.25) is 15.1 Å². The molecule has 30 heteroatoms. The molecule has 93 heavy (non-hydrogen) atoms. The fraction of sp³-hybridized carbons (Fsp3) is 0.460. The number of benzene rings is 3. The number of oxazole rings is 4. The summed E-state index contributed by atoms with van der Waals surface area (Å²) in [6.07, 6.45) is 9.51. The first kappa shape index (κ1) is 71.5. The van der Waals surface area contributed by atoms with Gasteiger partial charge in [-0.05, 0) is 49.2 Å². The molecule has 2 amide bonds. The van der Waals surface area contributed by atoms with E-state index in [9.17, 15) is 19.2 Å². The second kappa shape index (κ2) is 36.4. The molecule has 0 atom stereocenters. The Morgan fingerprint density at radius 1 is 0.505 bits per heavy atom. The zero-order valence-corrected chi connectivity index (χ0v) is 57.2. The number of amides is 2. The summed E-state index contributed by atoms with van der Waals surface area (Å²) in [7, 11) is 7.59. The Morgan fingerprint density at radius 2 is 0.903 bits per heavy atom. The van der Waals surface area contributed by atoms with Gasteiger partial charge in [-0.25, -0.2) is 29.5 Å². The fourth-order valence-corrected chi connectivity index (χ4v) is 11.4. The Bertz CT molecular complexity index is 3500. The van der Waals surface area contributed by atoms with E-state index in [-0.39, 0.29) is 23.3 Å². The number of aromatic nitrogens is 4. The lowest BCUT2D eigenvalue weighted by molar-refractivity contribution is -0.128. The van der Waals surface area contributed by atoms with Gasteiger partial charge in [-0.3, -0.25) is 24.3 Å². The molecule has 9 heterocycles. The molecule has 25 nitrogen and oxygen atoms in total. The van der Waals surface area contributed by atoms with Crippen molar-refractivity contribution in [1.82, 2.24) is 44.9 Å². The summed E-state index contributed by atoms with van der Waals surface area (Å²) >= 11 is 27.0. The number of esters is 2. The highest BCUT2D eigenvalue weighted by Crippen LogP contribution is 2.35. The third kappa shape index (κ3) is 21.4. The van der Waals surface area contributed by atoms with Crippen LogP contribution in [0.1, 0.15) is 81.9 Å². The Kier molecular flexibility index (Phi) is 28.0. The molecular formula is C63H77BrCl4N12O13. The fourth-order valence-electron chi connectivity index (χ4n) is 10.5. The van der Waals surface area contributed by atoms with Crippen LogP contribution in [0.3, 0.4) is 0 Å². The van der Waals surface area contributed by atoms with E-state index in [4.69, 9.17) is 78.3 Å². The van der Waals surface area contributed by atoms with Crippen molar-refractivity contribution in [3.63, 3.8) is 0 Å². The summed E-state index contributed by atoms with van der Waals surface area (Å²) in [5.41, 5.74) is 3.19. The smallest absolute Gasteiger partial charge is 0.375 e. The van der Waals surface area contributed by atoms with Crippen molar-refractivity contribution in [2.24, 2.45) is 0 Å². The molecule has 7 aromatic rings. The molecule has 5 aliphatic heterocycles. The number of nitrogens with one attached hydrogen (secondary N) is 1. The Hall–Kier alpha value is -7.30. The van der Waals surface area contributed by atoms with Crippen molar-refractivity contribution in [1.29, 1.82) is 0 Å². The largest absolute Gasteiger partial charge is 0.495 e. The zero-order valence-electron chi connectivity index (χ0n) is 52.6. The number of carbonyl (C=O) groups excluding carboxylic acids is 4. The maximum atomic E-state index is 11.7. The number of hydrogen-bond acceptors (Lipinski definition) is 23. The monoisotopic (exact) mass is 1430 g/mol. The van der Waals surface area contributed by atoms with Crippen LogP contribution in [0.25, 0.3) is 0 Å². The second-order valence-electron chi connectivity index (χ2n) is 21.5. The van der Waals surface area contributed by atoms with Crippen molar-refractivity contribution in [2.45, 2.75) is 63.1 Å². The number of ether oxygens (including phenoxy) is 5. The van der Waals surface area contributed by atoms with Gasteiger partial charge in [0.15, 0.2) is 0 Å². The molecule has 0 aliphatic carbocycles. The normalized spacial score (nSPS) is 16.0. The van der Waals surface area contributed by atoms with E-state index in [0.717, 1.165) is 157 Å². The van der Waals surface area contributed by atoms with Crippen molar-refractivity contribution < 1.29 is 60.5 Å². The highest BCUT2D eigenvalue weighted by molar-refractivity contribution is 9.08. The summed E-state index contributed by atoms with van der Waals surface area (Å²) in [5, 5.41) is 5.19. The van der Waals surface area contributed by atoms with Gasteiger partial charge < -0.3 is 66.3 Å². The number of anilines is 3. The van der Waals surface area contributed by atoms with Gasteiger partial charge in [0.1, 0.15) is 28.8 Å². The zero-order chi connectivity index (χ0) is 66.2. The average molecular weight is 1430 g/mol. The van der Waals surface area contributed by atoms with Gasteiger partial charge in [0, 0.05) is 138 Å².